The van der Waals surface area contributed by atoms with Crippen LogP contribution in [0.2, 0.25) is 0 Å². The summed E-state index contributed by atoms with van der Waals surface area (Å²) in [6, 6.07) is 10.3. The van der Waals surface area contributed by atoms with Crippen molar-refractivity contribution >= 4 is 5.70 Å². The Labute approximate surface area is 159 Å². The zero-order valence-electron chi connectivity index (χ0n) is 16.1. The van der Waals surface area contributed by atoms with Crippen molar-refractivity contribution in [1.82, 2.24) is 10.4 Å². The van der Waals surface area contributed by atoms with Gasteiger partial charge in [0.25, 0.3) is 0 Å². The summed E-state index contributed by atoms with van der Waals surface area (Å²) >= 11 is 0. The minimum Gasteiger partial charge on any atom is -0.493 e. The minimum atomic E-state index is -0.362. The average molecular weight is 366 g/mol. The van der Waals surface area contributed by atoms with E-state index in [2.05, 4.69) is 29.5 Å². The number of benzene rings is 1. The number of ether oxygens (including phenoxy) is 2. The summed E-state index contributed by atoms with van der Waals surface area (Å²) < 4.78 is 18.2. The zero-order valence-corrected chi connectivity index (χ0v) is 16.1. The number of nitrogens with zero attached hydrogens (tertiary/aromatic N) is 1. The maximum atomic E-state index is 6.71. The van der Waals surface area contributed by atoms with Gasteiger partial charge in [-0.05, 0) is 50.0 Å². The lowest BCUT2D eigenvalue weighted by Crippen LogP contribution is -2.60. The first-order valence-electron chi connectivity index (χ1n) is 9.80. The summed E-state index contributed by atoms with van der Waals surface area (Å²) in [5.41, 5.74) is 5.38. The molecule has 0 saturated heterocycles. The Morgan fingerprint density at radius 2 is 2.00 bits per heavy atom. The second kappa shape index (κ2) is 6.06. The van der Waals surface area contributed by atoms with Gasteiger partial charge in [-0.15, -0.1) is 0 Å². The van der Waals surface area contributed by atoms with Crippen molar-refractivity contribution in [2.75, 3.05) is 7.11 Å². The van der Waals surface area contributed by atoms with Crippen LogP contribution in [0.15, 0.2) is 40.8 Å². The molecule has 142 valence electrons. The summed E-state index contributed by atoms with van der Waals surface area (Å²) in [4.78, 5) is 0. The summed E-state index contributed by atoms with van der Waals surface area (Å²) in [5.74, 6) is 4.20. The first-order valence-corrected chi connectivity index (χ1v) is 9.80. The number of fused-ring (bicyclic) bond motifs is 4. The predicted octanol–water partition coefficient (Wildman–Crippen LogP) is 4.80. The smallest absolute Gasteiger partial charge is 0.180 e. The van der Waals surface area contributed by atoms with E-state index in [4.69, 9.17) is 13.9 Å². The van der Waals surface area contributed by atoms with Gasteiger partial charge in [-0.3, -0.25) is 0 Å². The Kier molecular flexibility index (Phi) is 3.76. The van der Waals surface area contributed by atoms with Gasteiger partial charge in [0.15, 0.2) is 23.0 Å². The number of furan rings is 1. The predicted molar refractivity (Wildman–Crippen MR) is 103 cm³/mol. The molecule has 3 heterocycles. The molecule has 5 rings (SSSR count). The molecule has 3 aliphatic rings. The van der Waals surface area contributed by atoms with Crippen LogP contribution in [0.1, 0.15) is 55.7 Å². The maximum absolute atomic E-state index is 6.71. The van der Waals surface area contributed by atoms with E-state index >= 15 is 0 Å². The summed E-state index contributed by atoms with van der Waals surface area (Å²) in [6.07, 6.45) is 6.55. The number of hydrogen-bond donors (Lipinski definition) is 1. The van der Waals surface area contributed by atoms with Crippen LogP contribution in [0.3, 0.4) is 0 Å². The molecule has 5 heteroatoms. The molecule has 1 unspecified atom stereocenters. The van der Waals surface area contributed by atoms with E-state index in [1.807, 2.05) is 31.2 Å². The fourth-order valence-electron chi connectivity index (χ4n) is 4.60. The van der Waals surface area contributed by atoms with Crippen LogP contribution in [-0.4, -0.2) is 17.8 Å². The van der Waals surface area contributed by atoms with Crippen LogP contribution >= 0.6 is 0 Å². The second-order valence-corrected chi connectivity index (χ2v) is 8.03. The lowest BCUT2D eigenvalue weighted by Gasteiger charge is -2.51. The quantitative estimate of drug-likeness (QED) is 0.827. The molecule has 1 N–H and O–H groups in total. The van der Waals surface area contributed by atoms with Crippen LogP contribution in [0.5, 0.6) is 11.5 Å². The van der Waals surface area contributed by atoms with E-state index in [1.165, 1.54) is 0 Å². The van der Waals surface area contributed by atoms with E-state index in [0.717, 1.165) is 65.9 Å². The molecule has 1 spiro atoms. The number of hydrogen-bond acceptors (Lipinski definition) is 5. The molecule has 1 aliphatic carbocycles. The standard InChI is InChI=1S/C22H26N2O3/c1-14-9-11-22(12-10-14)24-18(13-17(23-24)19-8-7-15(2)26-19)16-5-4-6-20(25-3)21(16)27-22/h4-8,13-14,18,23H,9-12H2,1-3H3. The van der Waals surface area contributed by atoms with Gasteiger partial charge in [0, 0.05) is 18.4 Å². The first kappa shape index (κ1) is 16.8. The molecule has 27 heavy (non-hydrogen) atoms. The Balaban J connectivity index is 1.61. The number of aryl methyl sites for hydroxylation is 1. The Bertz CT molecular complexity index is 893. The first-order chi connectivity index (χ1) is 13.1. The Hall–Kier alpha value is -2.40. The molecule has 1 atom stereocenters. The van der Waals surface area contributed by atoms with Gasteiger partial charge in [-0.1, -0.05) is 19.1 Å². The van der Waals surface area contributed by atoms with E-state index in [0.29, 0.717) is 0 Å². The van der Waals surface area contributed by atoms with E-state index in [1.54, 1.807) is 7.11 Å². The van der Waals surface area contributed by atoms with Gasteiger partial charge in [0.1, 0.15) is 5.76 Å². The highest BCUT2D eigenvalue weighted by Gasteiger charge is 2.52. The third-order valence-electron chi connectivity index (χ3n) is 6.18. The highest BCUT2D eigenvalue weighted by molar-refractivity contribution is 5.65. The summed E-state index contributed by atoms with van der Waals surface area (Å²) in [6.45, 7) is 4.30. The van der Waals surface area contributed by atoms with Gasteiger partial charge in [-0.2, -0.15) is 5.01 Å². The summed E-state index contributed by atoms with van der Waals surface area (Å²) in [7, 11) is 1.71. The lowest BCUT2D eigenvalue weighted by atomic mass is 9.82. The van der Waals surface area contributed by atoms with Crippen LogP contribution in [0.25, 0.3) is 5.70 Å². The van der Waals surface area contributed by atoms with Crippen LogP contribution in [0, 0.1) is 12.8 Å². The molecule has 2 aromatic rings. The fourth-order valence-corrected chi connectivity index (χ4v) is 4.60. The molecular formula is C22H26N2O3. The number of methoxy groups -OCH3 is 1. The van der Waals surface area contributed by atoms with Crippen LogP contribution < -0.4 is 14.9 Å². The molecule has 1 saturated carbocycles. The Morgan fingerprint density at radius 3 is 2.70 bits per heavy atom. The normalized spacial score (nSPS) is 29.5. The highest BCUT2D eigenvalue weighted by atomic mass is 16.5. The second-order valence-electron chi connectivity index (χ2n) is 8.03. The van der Waals surface area contributed by atoms with Crippen LogP contribution in [-0.2, 0) is 0 Å². The fraction of sp³-hybridized carbons (Fsp3) is 0.455. The van der Waals surface area contributed by atoms with E-state index in [9.17, 15) is 0 Å². The van der Waals surface area contributed by atoms with Gasteiger partial charge in [0.05, 0.1) is 18.8 Å². The van der Waals surface area contributed by atoms with Crippen molar-refractivity contribution in [2.45, 2.75) is 51.3 Å². The third kappa shape index (κ3) is 2.56. The molecule has 0 radical (unpaired) electrons. The van der Waals surface area contributed by atoms with Crippen LogP contribution in [0.4, 0.5) is 0 Å². The number of para-hydroxylation sites is 1. The van der Waals surface area contributed by atoms with Crippen molar-refractivity contribution in [2.24, 2.45) is 5.92 Å². The number of rotatable bonds is 2. The third-order valence-corrected chi connectivity index (χ3v) is 6.18. The highest BCUT2D eigenvalue weighted by Crippen LogP contribution is 2.53. The molecule has 0 amide bonds. The van der Waals surface area contributed by atoms with Crippen molar-refractivity contribution in [1.29, 1.82) is 0 Å². The zero-order chi connectivity index (χ0) is 18.6. The molecule has 5 nitrogen and oxygen atoms in total. The summed E-state index contributed by atoms with van der Waals surface area (Å²) in [5, 5.41) is 2.30. The largest absolute Gasteiger partial charge is 0.493 e. The Morgan fingerprint density at radius 1 is 1.19 bits per heavy atom. The van der Waals surface area contributed by atoms with Gasteiger partial charge >= 0.3 is 0 Å². The average Bonchev–Trinajstić information content (AvgIpc) is 3.31. The molecule has 1 aromatic heterocycles. The topological polar surface area (TPSA) is 46.9 Å². The van der Waals surface area contributed by atoms with Crippen molar-refractivity contribution in [3.05, 3.63) is 53.5 Å². The lowest BCUT2D eigenvalue weighted by molar-refractivity contribution is -0.156. The minimum absolute atomic E-state index is 0.0951. The van der Waals surface area contributed by atoms with Crippen molar-refractivity contribution in [3.63, 3.8) is 0 Å². The van der Waals surface area contributed by atoms with Crippen molar-refractivity contribution in [3.8, 4) is 11.5 Å². The van der Waals surface area contributed by atoms with Crippen molar-refractivity contribution < 1.29 is 13.9 Å². The molecule has 1 fully saturated rings. The van der Waals surface area contributed by atoms with E-state index in [-0.39, 0.29) is 11.8 Å². The van der Waals surface area contributed by atoms with Gasteiger partial charge < -0.3 is 19.3 Å². The molecule has 1 aromatic carbocycles. The maximum Gasteiger partial charge on any atom is 0.180 e. The van der Waals surface area contributed by atoms with E-state index < -0.39 is 0 Å². The van der Waals surface area contributed by atoms with Gasteiger partial charge in [0.2, 0.25) is 0 Å². The number of nitrogens with one attached hydrogen (secondary N) is 1. The van der Waals surface area contributed by atoms with Gasteiger partial charge in [-0.25, -0.2) is 0 Å². The molecule has 2 aliphatic heterocycles. The molecule has 0 bridgehead atoms. The number of hydrazine groups is 1. The monoisotopic (exact) mass is 366 g/mol. The SMILES string of the molecule is COc1cccc2c1OC1(CCC(C)CC1)N1NC(c3ccc(C)o3)=CC21. The molecular weight excluding hydrogens is 340 g/mol.